The average Bonchev–Trinajstić information content (AvgIpc) is 3.05. The second-order valence-corrected chi connectivity index (χ2v) is 6.04. The number of hydrazone groups is 1. The molecule has 0 saturated heterocycles. The maximum Gasteiger partial charge on any atom is 0.330 e. The van der Waals surface area contributed by atoms with Gasteiger partial charge in [0.25, 0.3) is 5.69 Å². The van der Waals surface area contributed by atoms with Crippen molar-refractivity contribution in [3.05, 3.63) is 63.2 Å². The molecule has 2 aliphatic rings. The summed E-state index contributed by atoms with van der Waals surface area (Å²) in [6.07, 6.45) is 0.346. The van der Waals surface area contributed by atoms with Crippen LogP contribution in [0.2, 0.25) is 0 Å². The summed E-state index contributed by atoms with van der Waals surface area (Å²) in [6, 6.07) is 9.02. The SMILES string of the molecule is COC(=O)C1Cc2cc3c(cc2C(c2ccc([N+](=O)[O-])cc2)=NN1)OCO3. The minimum Gasteiger partial charge on any atom is -0.467 e. The van der Waals surface area contributed by atoms with E-state index < -0.39 is 16.9 Å². The number of nitro benzene ring substituents is 1. The monoisotopic (exact) mass is 369 g/mol. The van der Waals surface area contributed by atoms with Crippen molar-refractivity contribution in [3.8, 4) is 11.5 Å². The summed E-state index contributed by atoms with van der Waals surface area (Å²) >= 11 is 0. The van der Waals surface area contributed by atoms with Crippen LogP contribution < -0.4 is 14.9 Å². The van der Waals surface area contributed by atoms with Crippen LogP contribution in [0.1, 0.15) is 16.7 Å². The van der Waals surface area contributed by atoms with Crippen molar-refractivity contribution >= 4 is 17.4 Å². The summed E-state index contributed by atoms with van der Waals surface area (Å²) in [5.41, 5.74) is 5.62. The van der Waals surface area contributed by atoms with Crippen LogP contribution in [0.5, 0.6) is 11.5 Å². The van der Waals surface area contributed by atoms with E-state index in [0.717, 1.165) is 11.1 Å². The van der Waals surface area contributed by atoms with Gasteiger partial charge >= 0.3 is 5.97 Å². The Kier molecular flexibility index (Phi) is 4.11. The number of methoxy groups -OCH3 is 1. The van der Waals surface area contributed by atoms with Crippen LogP contribution in [-0.2, 0) is 16.0 Å². The van der Waals surface area contributed by atoms with Gasteiger partial charge < -0.3 is 14.2 Å². The van der Waals surface area contributed by atoms with E-state index in [1.165, 1.54) is 19.2 Å². The number of fused-ring (bicyclic) bond motifs is 2. The van der Waals surface area contributed by atoms with Crippen molar-refractivity contribution < 1.29 is 23.9 Å². The number of carbonyl (C=O) groups is 1. The number of non-ortho nitro benzene ring substituents is 1. The van der Waals surface area contributed by atoms with Gasteiger partial charge in [0.2, 0.25) is 6.79 Å². The molecule has 0 aromatic heterocycles. The third kappa shape index (κ3) is 3.03. The molecule has 1 N–H and O–H groups in total. The van der Waals surface area contributed by atoms with E-state index in [4.69, 9.17) is 14.2 Å². The molecule has 0 aliphatic carbocycles. The van der Waals surface area contributed by atoms with E-state index in [9.17, 15) is 14.9 Å². The largest absolute Gasteiger partial charge is 0.467 e. The fourth-order valence-corrected chi connectivity index (χ4v) is 3.08. The van der Waals surface area contributed by atoms with Crippen LogP contribution in [0.4, 0.5) is 5.69 Å². The van der Waals surface area contributed by atoms with Crippen molar-refractivity contribution in [2.45, 2.75) is 12.5 Å². The molecule has 138 valence electrons. The third-order valence-corrected chi connectivity index (χ3v) is 4.45. The molecule has 1 atom stereocenters. The molecule has 9 heteroatoms. The number of nitrogens with zero attached hydrogens (tertiary/aromatic N) is 2. The maximum absolute atomic E-state index is 12.0. The molecule has 1 unspecified atom stereocenters. The van der Waals surface area contributed by atoms with E-state index >= 15 is 0 Å². The molecule has 0 bridgehead atoms. The van der Waals surface area contributed by atoms with Crippen molar-refractivity contribution in [1.29, 1.82) is 0 Å². The number of hydrogen-bond donors (Lipinski definition) is 1. The normalized spacial score (nSPS) is 17.2. The maximum atomic E-state index is 12.0. The van der Waals surface area contributed by atoms with E-state index in [-0.39, 0.29) is 12.5 Å². The lowest BCUT2D eigenvalue weighted by atomic mass is 9.94. The highest BCUT2D eigenvalue weighted by atomic mass is 16.7. The van der Waals surface area contributed by atoms with Crippen LogP contribution in [0.15, 0.2) is 41.5 Å². The first-order valence-corrected chi connectivity index (χ1v) is 8.15. The Morgan fingerprint density at radius 2 is 1.96 bits per heavy atom. The zero-order chi connectivity index (χ0) is 19.0. The molecule has 0 radical (unpaired) electrons. The number of carbonyl (C=O) groups excluding carboxylic acids is 1. The summed E-state index contributed by atoms with van der Waals surface area (Å²) in [7, 11) is 1.32. The summed E-state index contributed by atoms with van der Waals surface area (Å²) < 4.78 is 15.7. The Morgan fingerprint density at radius 1 is 1.26 bits per heavy atom. The zero-order valence-electron chi connectivity index (χ0n) is 14.3. The highest BCUT2D eigenvalue weighted by Gasteiger charge is 2.28. The van der Waals surface area contributed by atoms with Crippen molar-refractivity contribution in [3.63, 3.8) is 0 Å². The van der Waals surface area contributed by atoms with Gasteiger partial charge in [-0.1, -0.05) is 0 Å². The van der Waals surface area contributed by atoms with Crippen LogP contribution >= 0.6 is 0 Å². The molecule has 0 fully saturated rings. The van der Waals surface area contributed by atoms with Gasteiger partial charge in [0, 0.05) is 29.7 Å². The predicted octanol–water partition coefficient (Wildman–Crippen LogP) is 1.76. The molecule has 2 aromatic carbocycles. The Morgan fingerprint density at radius 3 is 2.63 bits per heavy atom. The molecule has 0 amide bonds. The Balaban J connectivity index is 1.81. The smallest absolute Gasteiger partial charge is 0.330 e. The minimum absolute atomic E-state index is 0.0146. The molecule has 0 spiro atoms. The lowest BCUT2D eigenvalue weighted by Crippen LogP contribution is -2.35. The zero-order valence-corrected chi connectivity index (χ0v) is 14.3. The summed E-state index contributed by atoms with van der Waals surface area (Å²) in [4.78, 5) is 22.5. The van der Waals surface area contributed by atoms with Gasteiger partial charge in [0.15, 0.2) is 11.5 Å². The van der Waals surface area contributed by atoms with E-state index in [0.29, 0.717) is 29.2 Å². The molecule has 27 heavy (non-hydrogen) atoms. The number of benzene rings is 2. The van der Waals surface area contributed by atoms with E-state index in [1.54, 1.807) is 18.2 Å². The van der Waals surface area contributed by atoms with E-state index in [2.05, 4.69) is 10.5 Å². The average molecular weight is 369 g/mol. The highest BCUT2D eigenvalue weighted by Crippen LogP contribution is 2.37. The van der Waals surface area contributed by atoms with Gasteiger partial charge in [-0.15, -0.1) is 0 Å². The van der Waals surface area contributed by atoms with Crippen molar-refractivity contribution in [1.82, 2.24) is 5.43 Å². The number of nitrogens with one attached hydrogen (secondary N) is 1. The lowest BCUT2D eigenvalue weighted by Gasteiger charge is -2.13. The predicted molar refractivity (Wildman–Crippen MR) is 93.9 cm³/mol. The number of hydrogen-bond acceptors (Lipinski definition) is 8. The van der Waals surface area contributed by atoms with Crippen LogP contribution in [0.3, 0.4) is 0 Å². The molecular formula is C18H15N3O6. The topological polar surface area (TPSA) is 112 Å². The number of ether oxygens (including phenoxy) is 3. The number of nitro groups is 1. The third-order valence-electron chi connectivity index (χ3n) is 4.45. The molecule has 2 aromatic rings. The van der Waals surface area contributed by atoms with Gasteiger partial charge in [-0.2, -0.15) is 5.10 Å². The van der Waals surface area contributed by atoms with Crippen LogP contribution in [-0.4, -0.2) is 36.5 Å². The first-order chi connectivity index (χ1) is 13.1. The minimum atomic E-state index is -0.662. The van der Waals surface area contributed by atoms with Gasteiger partial charge in [0.05, 0.1) is 17.7 Å². The molecular weight excluding hydrogens is 354 g/mol. The first kappa shape index (κ1) is 16.8. The first-order valence-electron chi connectivity index (χ1n) is 8.15. The highest BCUT2D eigenvalue weighted by molar-refractivity contribution is 6.14. The summed E-state index contributed by atoms with van der Waals surface area (Å²) in [5, 5.41) is 15.3. The van der Waals surface area contributed by atoms with Gasteiger partial charge in [0.1, 0.15) is 6.04 Å². The lowest BCUT2D eigenvalue weighted by molar-refractivity contribution is -0.384. The quantitative estimate of drug-likeness (QED) is 0.498. The van der Waals surface area contributed by atoms with Gasteiger partial charge in [-0.25, -0.2) is 4.79 Å². The van der Waals surface area contributed by atoms with Gasteiger partial charge in [-0.3, -0.25) is 15.5 Å². The standard InChI is InChI=1S/C18H15N3O6/c1-25-18(22)14-6-11-7-15-16(27-9-26-15)8-13(11)17(20-19-14)10-2-4-12(5-3-10)21(23)24/h2-5,7-8,14,19H,6,9H2,1H3. The Labute approximate surface area is 153 Å². The van der Waals surface area contributed by atoms with E-state index in [1.807, 2.05) is 6.07 Å². The molecule has 9 nitrogen and oxygen atoms in total. The summed E-state index contributed by atoms with van der Waals surface area (Å²) in [5.74, 6) is 0.745. The van der Waals surface area contributed by atoms with Crippen LogP contribution in [0, 0.1) is 10.1 Å². The number of esters is 1. The van der Waals surface area contributed by atoms with Crippen molar-refractivity contribution in [2.24, 2.45) is 5.10 Å². The van der Waals surface area contributed by atoms with Crippen molar-refractivity contribution in [2.75, 3.05) is 13.9 Å². The summed E-state index contributed by atoms with van der Waals surface area (Å²) in [6.45, 7) is 0.126. The molecule has 4 rings (SSSR count). The number of rotatable bonds is 3. The molecule has 2 heterocycles. The molecule has 2 aliphatic heterocycles. The fourth-order valence-electron chi connectivity index (χ4n) is 3.08. The fraction of sp³-hybridized carbons (Fsp3) is 0.222. The second kappa shape index (κ2) is 6.60. The Bertz CT molecular complexity index is 954. The van der Waals surface area contributed by atoms with Gasteiger partial charge in [-0.05, 0) is 29.8 Å². The Hall–Kier alpha value is -3.62. The second-order valence-electron chi connectivity index (χ2n) is 6.04. The molecule has 0 saturated carbocycles. The van der Waals surface area contributed by atoms with Crippen LogP contribution in [0.25, 0.3) is 0 Å².